The van der Waals surface area contributed by atoms with Crippen LogP contribution in [0.2, 0.25) is 0 Å². The Balaban J connectivity index is 1.84. The van der Waals surface area contributed by atoms with Gasteiger partial charge in [-0.05, 0) is 61.7 Å². The Morgan fingerprint density at radius 2 is 1.90 bits per heavy atom. The molecule has 3 N–H and O–H groups in total. The van der Waals surface area contributed by atoms with Crippen molar-refractivity contribution in [3.63, 3.8) is 0 Å². The Morgan fingerprint density at radius 3 is 2.59 bits per heavy atom. The number of primary amides is 1. The molecule has 6 nitrogen and oxygen atoms in total. The molecule has 2 aromatic rings. The van der Waals surface area contributed by atoms with Crippen molar-refractivity contribution >= 4 is 45.2 Å². The Morgan fingerprint density at radius 1 is 1.14 bits per heavy atom. The van der Waals surface area contributed by atoms with Gasteiger partial charge in [-0.15, -0.1) is 0 Å². The molecule has 2 aromatic carbocycles. The van der Waals surface area contributed by atoms with Crippen molar-refractivity contribution in [1.29, 1.82) is 0 Å². The molecule has 0 bridgehead atoms. The van der Waals surface area contributed by atoms with Crippen LogP contribution in [0.4, 0.5) is 11.4 Å². The van der Waals surface area contributed by atoms with E-state index in [0.29, 0.717) is 17.0 Å². The van der Waals surface area contributed by atoms with Crippen LogP contribution in [0.25, 0.3) is 6.08 Å². The van der Waals surface area contributed by atoms with Crippen LogP contribution >= 0.6 is 15.9 Å². The summed E-state index contributed by atoms with van der Waals surface area (Å²) in [6, 6.07) is 10.8. The number of nitrogens with zero attached hydrogens (tertiary/aromatic N) is 1. The zero-order valence-electron chi connectivity index (χ0n) is 16.3. The molecule has 0 saturated carbocycles. The Kier molecular flexibility index (Phi) is 6.93. The molecule has 1 aliphatic rings. The highest BCUT2D eigenvalue weighted by Crippen LogP contribution is 2.30. The number of methoxy groups -OCH3 is 1. The first-order chi connectivity index (χ1) is 14.0. The second kappa shape index (κ2) is 9.60. The average molecular weight is 458 g/mol. The molecule has 0 atom stereocenters. The second-order valence-electron chi connectivity index (χ2n) is 6.85. The summed E-state index contributed by atoms with van der Waals surface area (Å²) in [6.45, 7) is 1.84. The SMILES string of the molecule is COc1ccc(Br)cc1/C=C/C(=O)Nc1cc(C(N)=O)ccc1N1CCCCC1. The Labute approximate surface area is 178 Å². The third-order valence-electron chi connectivity index (χ3n) is 4.84. The van der Waals surface area contributed by atoms with Crippen molar-refractivity contribution in [2.24, 2.45) is 5.73 Å². The fourth-order valence-electron chi connectivity index (χ4n) is 3.38. The van der Waals surface area contributed by atoms with Gasteiger partial charge in [0.15, 0.2) is 0 Å². The van der Waals surface area contributed by atoms with E-state index in [1.807, 2.05) is 24.3 Å². The number of anilines is 2. The standard InChI is InChI=1S/C22H24BrN3O3/c1-29-20-9-7-17(23)13-15(20)6-10-21(27)25-18-14-16(22(24)28)5-8-19(18)26-11-3-2-4-12-26/h5-10,13-14H,2-4,11-12H2,1H3,(H2,24,28)(H,25,27)/b10-6+. The highest BCUT2D eigenvalue weighted by Gasteiger charge is 2.17. The van der Waals surface area contributed by atoms with Gasteiger partial charge in [-0.25, -0.2) is 0 Å². The normalized spacial score (nSPS) is 14.1. The molecule has 3 rings (SSSR count). The van der Waals surface area contributed by atoms with Crippen molar-refractivity contribution < 1.29 is 14.3 Å². The van der Waals surface area contributed by atoms with Crippen molar-refractivity contribution in [3.05, 3.63) is 58.1 Å². The minimum Gasteiger partial charge on any atom is -0.496 e. The van der Waals surface area contributed by atoms with Crippen LogP contribution in [0, 0.1) is 0 Å². The first-order valence-corrected chi connectivity index (χ1v) is 10.3. The van der Waals surface area contributed by atoms with E-state index in [1.165, 1.54) is 12.5 Å². The fourth-order valence-corrected chi connectivity index (χ4v) is 3.75. The summed E-state index contributed by atoms with van der Waals surface area (Å²) in [7, 11) is 1.58. The van der Waals surface area contributed by atoms with Gasteiger partial charge in [0.2, 0.25) is 11.8 Å². The van der Waals surface area contributed by atoms with Gasteiger partial charge in [0.1, 0.15) is 5.75 Å². The van der Waals surface area contributed by atoms with E-state index in [1.54, 1.807) is 25.3 Å². The number of piperidine rings is 1. The van der Waals surface area contributed by atoms with Crippen LogP contribution in [0.1, 0.15) is 35.2 Å². The summed E-state index contributed by atoms with van der Waals surface area (Å²) in [6.07, 6.45) is 6.55. The molecule has 0 aromatic heterocycles. The maximum Gasteiger partial charge on any atom is 0.248 e. The number of hydrogen-bond acceptors (Lipinski definition) is 4. The molecular weight excluding hydrogens is 434 g/mol. The lowest BCUT2D eigenvalue weighted by Crippen LogP contribution is -2.30. The quantitative estimate of drug-likeness (QED) is 0.636. The van der Waals surface area contributed by atoms with E-state index >= 15 is 0 Å². The maximum atomic E-state index is 12.6. The van der Waals surface area contributed by atoms with Gasteiger partial charge >= 0.3 is 0 Å². The highest BCUT2D eigenvalue weighted by atomic mass is 79.9. The molecule has 29 heavy (non-hydrogen) atoms. The number of ether oxygens (including phenoxy) is 1. The van der Waals surface area contributed by atoms with E-state index in [-0.39, 0.29) is 5.91 Å². The summed E-state index contributed by atoms with van der Waals surface area (Å²) in [5.74, 6) is -0.158. The average Bonchev–Trinajstić information content (AvgIpc) is 2.73. The molecule has 0 unspecified atom stereocenters. The minimum absolute atomic E-state index is 0.299. The summed E-state index contributed by atoms with van der Waals surface area (Å²) < 4.78 is 6.22. The van der Waals surface area contributed by atoms with Crippen molar-refractivity contribution in [3.8, 4) is 5.75 Å². The molecule has 1 heterocycles. The molecule has 1 aliphatic heterocycles. The van der Waals surface area contributed by atoms with Crippen LogP contribution < -0.4 is 20.7 Å². The zero-order chi connectivity index (χ0) is 20.8. The van der Waals surface area contributed by atoms with Crippen LogP contribution in [0.5, 0.6) is 5.75 Å². The summed E-state index contributed by atoms with van der Waals surface area (Å²) in [4.78, 5) is 26.4. The number of hydrogen-bond donors (Lipinski definition) is 2. The number of halogens is 1. The molecule has 0 radical (unpaired) electrons. The number of rotatable bonds is 6. The molecule has 152 valence electrons. The van der Waals surface area contributed by atoms with Crippen LogP contribution in [0.3, 0.4) is 0 Å². The van der Waals surface area contributed by atoms with E-state index < -0.39 is 5.91 Å². The monoisotopic (exact) mass is 457 g/mol. The molecule has 7 heteroatoms. The van der Waals surface area contributed by atoms with Gasteiger partial charge < -0.3 is 20.7 Å². The van der Waals surface area contributed by atoms with Crippen molar-refractivity contribution in [2.45, 2.75) is 19.3 Å². The number of nitrogens with two attached hydrogens (primary N) is 1. The van der Waals surface area contributed by atoms with Gasteiger partial charge in [0, 0.05) is 34.8 Å². The number of carbonyl (C=O) groups is 2. The molecule has 0 spiro atoms. The minimum atomic E-state index is -0.528. The van der Waals surface area contributed by atoms with E-state index in [4.69, 9.17) is 10.5 Å². The van der Waals surface area contributed by atoms with Crippen LogP contribution in [-0.4, -0.2) is 32.0 Å². The van der Waals surface area contributed by atoms with Crippen LogP contribution in [-0.2, 0) is 4.79 Å². The lowest BCUT2D eigenvalue weighted by Gasteiger charge is -2.30. The Hall–Kier alpha value is -2.80. The number of nitrogens with one attached hydrogen (secondary N) is 1. The second-order valence-corrected chi connectivity index (χ2v) is 7.77. The largest absolute Gasteiger partial charge is 0.496 e. The van der Waals surface area contributed by atoms with Gasteiger partial charge in [-0.2, -0.15) is 0 Å². The lowest BCUT2D eigenvalue weighted by molar-refractivity contribution is -0.111. The van der Waals surface area contributed by atoms with Gasteiger partial charge in [0.25, 0.3) is 0 Å². The highest BCUT2D eigenvalue weighted by molar-refractivity contribution is 9.10. The molecule has 1 fully saturated rings. The third kappa shape index (κ3) is 5.38. The first-order valence-electron chi connectivity index (χ1n) is 9.49. The Bertz CT molecular complexity index is 937. The predicted molar refractivity (Wildman–Crippen MR) is 119 cm³/mol. The number of benzene rings is 2. The van der Waals surface area contributed by atoms with Gasteiger partial charge in [0.05, 0.1) is 18.5 Å². The first kappa shape index (κ1) is 20.9. The molecule has 1 saturated heterocycles. The van der Waals surface area contributed by atoms with Gasteiger partial charge in [-0.1, -0.05) is 15.9 Å². The smallest absolute Gasteiger partial charge is 0.248 e. The van der Waals surface area contributed by atoms with E-state index in [0.717, 1.165) is 41.7 Å². The topological polar surface area (TPSA) is 84.7 Å². The zero-order valence-corrected chi connectivity index (χ0v) is 17.9. The van der Waals surface area contributed by atoms with Gasteiger partial charge in [-0.3, -0.25) is 9.59 Å². The van der Waals surface area contributed by atoms with Crippen LogP contribution in [0.15, 0.2) is 46.9 Å². The maximum absolute atomic E-state index is 12.6. The van der Waals surface area contributed by atoms with E-state index in [2.05, 4.69) is 26.1 Å². The summed E-state index contributed by atoms with van der Waals surface area (Å²) in [5, 5.41) is 2.90. The molecule has 0 aliphatic carbocycles. The number of amides is 2. The predicted octanol–water partition coefficient (Wildman–Crippen LogP) is 4.20. The van der Waals surface area contributed by atoms with Crippen molar-refractivity contribution in [2.75, 3.05) is 30.4 Å². The lowest BCUT2D eigenvalue weighted by atomic mass is 10.1. The van der Waals surface area contributed by atoms with E-state index in [9.17, 15) is 9.59 Å². The van der Waals surface area contributed by atoms with Crippen molar-refractivity contribution in [1.82, 2.24) is 0 Å². The summed E-state index contributed by atoms with van der Waals surface area (Å²) in [5.41, 5.74) is 8.04. The number of carbonyl (C=O) groups excluding carboxylic acids is 2. The fraction of sp³-hybridized carbons (Fsp3) is 0.273. The summed E-state index contributed by atoms with van der Waals surface area (Å²) >= 11 is 3.42. The third-order valence-corrected chi connectivity index (χ3v) is 5.33. The molecular formula is C22H24BrN3O3. The molecule has 2 amide bonds.